The minimum absolute atomic E-state index is 0.719. The molecule has 2 saturated carbocycles. The van der Waals surface area contributed by atoms with E-state index < -0.39 is 0 Å². The van der Waals surface area contributed by atoms with E-state index in [2.05, 4.69) is 36.2 Å². The number of hydrogen-bond donors (Lipinski definition) is 1. The minimum Gasteiger partial charge on any atom is -0.463 e. The molecule has 118 valence electrons. The third-order valence-electron chi connectivity index (χ3n) is 4.66. The fourth-order valence-electron chi connectivity index (χ4n) is 3.42. The van der Waals surface area contributed by atoms with Crippen LogP contribution in [0.2, 0.25) is 0 Å². The van der Waals surface area contributed by atoms with Crippen molar-refractivity contribution in [1.29, 1.82) is 0 Å². The van der Waals surface area contributed by atoms with Crippen LogP contribution in [-0.2, 0) is 13.1 Å². The lowest BCUT2D eigenvalue weighted by Crippen LogP contribution is -2.35. The number of nitrogens with zero attached hydrogens (tertiary/aromatic N) is 1. The third-order valence-corrected chi connectivity index (χ3v) is 4.66. The summed E-state index contributed by atoms with van der Waals surface area (Å²) in [5.41, 5.74) is 0. The molecule has 1 aromatic heterocycles. The van der Waals surface area contributed by atoms with Crippen LogP contribution in [0.1, 0.15) is 63.9 Å². The van der Waals surface area contributed by atoms with Crippen molar-refractivity contribution in [3.05, 3.63) is 23.7 Å². The lowest BCUT2D eigenvalue weighted by atomic mass is 10.1. The first-order chi connectivity index (χ1) is 10.2. The Morgan fingerprint density at radius 3 is 2.52 bits per heavy atom. The zero-order valence-electron chi connectivity index (χ0n) is 13.6. The van der Waals surface area contributed by atoms with Gasteiger partial charge >= 0.3 is 0 Å². The molecule has 0 aromatic carbocycles. The maximum absolute atomic E-state index is 6.03. The summed E-state index contributed by atoms with van der Waals surface area (Å²) in [6.45, 7) is 7.68. The molecule has 0 amide bonds. The average molecular weight is 290 g/mol. The van der Waals surface area contributed by atoms with Gasteiger partial charge in [-0.3, -0.25) is 4.90 Å². The van der Waals surface area contributed by atoms with Crippen molar-refractivity contribution in [3.63, 3.8) is 0 Å². The summed E-state index contributed by atoms with van der Waals surface area (Å²) in [5, 5.41) is 3.52. The van der Waals surface area contributed by atoms with Crippen LogP contribution in [0.4, 0.5) is 0 Å². The Bertz CT molecular complexity index is 430. The molecule has 0 unspecified atom stereocenters. The van der Waals surface area contributed by atoms with Crippen molar-refractivity contribution >= 4 is 0 Å². The lowest BCUT2D eigenvalue weighted by molar-refractivity contribution is 0.155. The van der Waals surface area contributed by atoms with Crippen molar-refractivity contribution in [1.82, 2.24) is 10.2 Å². The third kappa shape index (κ3) is 4.58. The number of furan rings is 1. The molecule has 2 aliphatic rings. The Kier molecular flexibility index (Phi) is 5.02. The zero-order valence-corrected chi connectivity index (χ0v) is 13.6. The number of rotatable bonds is 8. The van der Waals surface area contributed by atoms with Gasteiger partial charge in [0.25, 0.3) is 0 Å². The van der Waals surface area contributed by atoms with E-state index in [9.17, 15) is 0 Å². The van der Waals surface area contributed by atoms with Crippen LogP contribution in [0, 0.1) is 5.92 Å². The van der Waals surface area contributed by atoms with Gasteiger partial charge in [-0.1, -0.05) is 26.7 Å². The molecule has 3 rings (SSSR count). The molecular weight excluding hydrogens is 260 g/mol. The average Bonchev–Trinajstić information content (AvgIpc) is 2.94. The van der Waals surface area contributed by atoms with E-state index in [-0.39, 0.29) is 0 Å². The van der Waals surface area contributed by atoms with E-state index >= 15 is 0 Å². The van der Waals surface area contributed by atoms with Gasteiger partial charge in [-0.15, -0.1) is 0 Å². The molecular formula is C18H30N2O. The van der Waals surface area contributed by atoms with Crippen molar-refractivity contribution in [2.45, 2.75) is 77.5 Å². The van der Waals surface area contributed by atoms with Gasteiger partial charge in [-0.2, -0.15) is 0 Å². The molecule has 21 heavy (non-hydrogen) atoms. The topological polar surface area (TPSA) is 28.4 Å². The van der Waals surface area contributed by atoms with Gasteiger partial charge in [-0.05, 0) is 43.7 Å². The van der Waals surface area contributed by atoms with E-state index in [0.717, 1.165) is 42.6 Å². The highest BCUT2D eigenvalue weighted by molar-refractivity contribution is 5.08. The molecule has 3 nitrogen and oxygen atoms in total. The van der Waals surface area contributed by atoms with E-state index in [1.807, 2.05) is 0 Å². The smallest absolute Gasteiger partial charge is 0.118 e. The molecule has 0 aliphatic heterocycles. The molecule has 0 saturated heterocycles. The van der Waals surface area contributed by atoms with Crippen LogP contribution in [0.3, 0.4) is 0 Å². The summed E-state index contributed by atoms with van der Waals surface area (Å²) in [5.74, 6) is 2.94. The summed E-state index contributed by atoms with van der Waals surface area (Å²) < 4.78 is 6.03. The SMILES string of the molecule is CC(C)CN(Cc1ccc(CNC2CC2)o1)C1CCCC1. The first-order valence-electron chi connectivity index (χ1n) is 8.75. The Hall–Kier alpha value is -0.800. The molecule has 3 heteroatoms. The van der Waals surface area contributed by atoms with Crippen molar-refractivity contribution < 1.29 is 4.42 Å². The fourth-order valence-corrected chi connectivity index (χ4v) is 3.42. The van der Waals surface area contributed by atoms with Crippen LogP contribution in [0.25, 0.3) is 0 Å². The lowest BCUT2D eigenvalue weighted by Gasteiger charge is -2.29. The van der Waals surface area contributed by atoms with Gasteiger partial charge in [0.05, 0.1) is 13.1 Å². The van der Waals surface area contributed by atoms with Crippen LogP contribution in [0.15, 0.2) is 16.5 Å². The summed E-state index contributed by atoms with van der Waals surface area (Å²) in [4.78, 5) is 2.65. The van der Waals surface area contributed by atoms with Crippen LogP contribution in [0.5, 0.6) is 0 Å². The van der Waals surface area contributed by atoms with Crippen molar-refractivity contribution in [3.8, 4) is 0 Å². The Morgan fingerprint density at radius 1 is 1.14 bits per heavy atom. The highest BCUT2D eigenvalue weighted by Crippen LogP contribution is 2.26. The molecule has 1 N–H and O–H groups in total. The van der Waals surface area contributed by atoms with Gasteiger partial charge in [0.1, 0.15) is 11.5 Å². The molecule has 0 atom stereocenters. The first-order valence-corrected chi connectivity index (χ1v) is 8.75. The van der Waals surface area contributed by atoms with Gasteiger partial charge in [-0.25, -0.2) is 0 Å². The second-order valence-electron chi connectivity index (χ2n) is 7.28. The summed E-state index contributed by atoms with van der Waals surface area (Å²) in [6.07, 6.45) is 8.18. The standard InChI is InChI=1S/C18H30N2O/c1-14(2)12-20(16-5-3-4-6-16)13-18-10-9-17(21-18)11-19-15-7-8-15/h9-10,14-16,19H,3-8,11-13H2,1-2H3. The Labute approximate surface area is 129 Å². The summed E-state index contributed by atoms with van der Waals surface area (Å²) in [7, 11) is 0. The normalized spacial score (nSPS) is 20.0. The second-order valence-corrected chi connectivity index (χ2v) is 7.28. The monoisotopic (exact) mass is 290 g/mol. The predicted octanol–water partition coefficient (Wildman–Crippen LogP) is 3.93. The maximum Gasteiger partial charge on any atom is 0.118 e. The van der Waals surface area contributed by atoms with Crippen molar-refractivity contribution in [2.24, 2.45) is 5.92 Å². The predicted molar refractivity (Wildman–Crippen MR) is 86.1 cm³/mol. The Morgan fingerprint density at radius 2 is 1.86 bits per heavy atom. The highest BCUT2D eigenvalue weighted by Gasteiger charge is 2.24. The summed E-state index contributed by atoms with van der Waals surface area (Å²) in [6, 6.07) is 5.83. The highest BCUT2D eigenvalue weighted by atomic mass is 16.3. The molecule has 0 spiro atoms. The number of nitrogens with one attached hydrogen (secondary N) is 1. The summed E-state index contributed by atoms with van der Waals surface area (Å²) >= 11 is 0. The zero-order chi connectivity index (χ0) is 14.7. The molecule has 0 bridgehead atoms. The fraction of sp³-hybridized carbons (Fsp3) is 0.778. The van der Waals surface area contributed by atoms with E-state index in [0.29, 0.717) is 0 Å². The van der Waals surface area contributed by atoms with Crippen LogP contribution in [-0.4, -0.2) is 23.5 Å². The van der Waals surface area contributed by atoms with E-state index in [1.54, 1.807) is 0 Å². The molecule has 1 aromatic rings. The van der Waals surface area contributed by atoms with Crippen LogP contribution < -0.4 is 5.32 Å². The largest absolute Gasteiger partial charge is 0.463 e. The second kappa shape index (κ2) is 6.97. The molecule has 2 aliphatic carbocycles. The maximum atomic E-state index is 6.03. The van der Waals surface area contributed by atoms with Crippen LogP contribution >= 0.6 is 0 Å². The van der Waals surface area contributed by atoms with Gasteiger partial charge in [0.2, 0.25) is 0 Å². The van der Waals surface area contributed by atoms with E-state index in [4.69, 9.17) is 4.42 Å². The number of hydrogen-bond acceptors (Lipinski definition) is 3. The molecule has 0 radical (unpaired) electrons. The Balaban J connectivity index is 1.55. The minimum atomic E-state index is 0.719. The first kappa shape index (κ1) is 15.1. The quantitative estimate of drug-likeness (QED) is 0.786. The van der Waals surface area contributed by atoms with Gasteiger partial charge < -0.3 is 9.73 Å². The molecule has 1 heterocycles. The van der Waals surface area contributed by atoms with E-state index in [1.165, 1.54) is 45.1 Å². The van der Waals surface area contributed by atoms with Gasteiger partial charge in [0.15, 0.2) is 0 Å². The van der Waals surface area contributed by atoms with Crippen molar-refractivity contribution in [2.75, 3.05) is 6.54 Å². The molecule has 2 fully saturated rings. The van der Waals surface area contributed by atoms with Gasteiger partial charge in [0, 0.05) is 18.6 Å².